The molecular weight excluding hydrogens is 186 g/mol. The quantitative estimate of drug-likeness (QED) is 0.696. The van der Waals surface area contributed by atoms with E-state index in [9.17, 15) is 4.79 Å². The maximum Gasteiger partial charge on any atom is 0.353 e. The van der Waals surface area contributed by atoms with Gasteiger partial charge in [-0.3, -0.25) is 0 Å². The van der Waals surface area contributed by atoms with Crippen molar-refractivity contribution in [3.05, 3.63) is 0 Å². The molecule has 1 saturated heterocycles. The van der Waals surface area contributed by atoms with Crippen molar-refractivity contribution in [2.45, 2.75) is 32.5 Å². The molecule has 1 aliphatic heterocycles. The zero-order valence-electron chi connectivity index (χ0n) is 8.60. The van der Waals surface area contributed by atoms with Gasteiger partial charge in [0.05, 0.1) is 25.8 Å². The van der Waals surface area contributed by atoms with Crippen LogP contribution in [0.1, 0.15) is 20.3 Å². The molecule has 1 heterocycles. The van der Waals surface area contributed by atoms with Crippen molar-refractivity contribution in [2.24, 2.45) is 0 Å². The van der Waals surface area contributed by atoms with E-state index in [-0.39, 0.29) is 6.10 Å². The first-order valence-corrected chi connectivity index (χ1v) is 4.90. The molecule has 5 heteroatoms. The summed E-state index contributed by atoms with van der Waals surface area (Å²) in [5.74, 6) is -0.609. The van der Waals surface area contributed by atoms with E-state index in [1.807, 2.05) is 6.92 Å². The minimum Gasteiger partial charge on any atom is -0.382 e. The molecule has 1 N–H and O–H groups in total. The van der Waals surface area contributed by atoms with Crippen LogP contribution < -0.4 is 0 Å². The lowest BCUT2D eigenvalue weighted by Crippen LogP contribution is -2.44. The number of morpholine rings is 1. The van der Waals surface area contributed by atoms with Gasteiger partial charge in [-0.05, 0) is 13.3 Å². The number of carbonyl (C=O) groups is 1. The maximum atomic E-state index is 11.1. The summed E-state index contributed by atoms with van der Waals surface area (Å²) in [5.41, 5.74) is 0. The van der Waals surface area contributed by atoms with Gasteiger partial charge in [-0.15, -0.1) is 5.06 Å². The van der Waals surface area contributed by atoms with Crippen LogP contribution in [0, 0.1) is 0 Å². The molecule has 0 saturated carbocycles. The number of hydrogen-bond donors (Lipinski definition) is 1. The van der Waals surface area contributed by atoms with E-state index < -0.39 is 12.1 Å². The third-order valence-electron chi connectivity index (χ3n) is 2.12. The second-order valence-electron chi connectivity index (χ2n) is 3.38. The minimum absolute atomic E-state index is 0.116. The third kappa shape index (κ3) is 3.25. The number of hydroxylamine groups is 2. The first-order chi connectivity index (χ1) is 6.63. The molecular formula is C9H17NO4. The van der Waals surface area contributed by atoms with Crippen LogP contribution in [0.4, 0.5) is 0 Å². The Kier molecular flexibility index (Phi) is 4.31. The second kappa shape index (κ2) is 5.29. The summed E-state index contributed by atoms with van der Waals surface area (Å²) in [5, 5.41) is 10.5. The first kappa shape index (κ1) is 11.4. The molecule has 0 aromatic rings. The molecule has 1 unspecified atom stereocenters. The number of ether oxygens (including phenoxy) is 1. The number of hydrogen-bond acceptors (Lipinski definition) is 5. The lowest BCUT2D eigenvalue weighted by Gasteiger charge is -2.30. The Morgan fingerprint density at radius 3 is 3.07 bits per heavy atom. The molecule has 14 heavy (non-hydrogen) atoms. The SMILES string of the molecule is CCC1CN(OC(=O)[C@H](C)O)CCO1. The highest BCUT2D eigenvalue weighted by Gasteiger charge is 2.23. The number of nitrogens with zero attached hydrogens (tertiary/aromatic N) is 1. The Morgan fingerprint density at radius 1 is 1.79 bits per heavy atom. The molecule has 0 aromatic carbocycles. The van der Waals surface area contributed by atoms with Crippen LogP contribution in [0.3, 0.4) is 0 Å². The van der Waals surface area contributed by atoms with Gasteiger partial charge in [0.1, 0.15) is 0 Å². The van der Waals surface area contributed by atoms with Crippen molar-refractivity contribution in [3.63, 3.8) is 0 Å². The van der Waals surface area contributed by atoms with Crippen molar-refractivity contribution in [1.82, 2.24) is 5.06 Å². The van der Waals surface area contributed by atoms with E-state index >= 15 is 0 Å². The minimum atomic E-state index is -1.07. The number of aliphatic hydroxyl groups is 1. The van der Waals surface area contributed by atoms with Crippen molar-refractivity contribution >= 4 is 5.97 Å². The summed E-state index contributed by atoms with van der Waals surface area (Å²) in [6, 6.07) is 0. The lowest BCUT2D eigenvalue weighted by molar-refractivity contribution is -0.222. The molecule has 0 spiro atoms. The number of rotatable bonds is 3. The topological polar surface area (TPSA) is 59.0 Å². The molecule has 5 nitrogen and oxygen atoms in total. The Labute approximate surface area is 83.5 Å². The Balaban J connectivity index is 2.34. The van der Waals surface area contributed by atoms with Crippen LogP contribution in [0.15, 0.2) is 0 Å². The van der Waals surface area contributed by atoms with Gasteiger partial charge in [0.25, 0.3) is 0 Å². The van der Waals surface area contributed by atoms with Gasteiger partial charge < -0.3 is 14.7 Å². The van der Waals surface area contributed by atoms with Crippen LogP contribution in [0.5, 0.6) is 0 Å². The monoisotopic (exact) mass is 203 g/mol. The van der Waals surface area contributed by atoms with E-state index in [1.54, 1.807) is 5.06 Å². The average molecular weight is 203 g/mol. The number of carbonyl (C=O) groups excluding carboxylic acids is 1. The highest BCUT2D eigenvalue weighted by Crippen LogP contribution is 2.08. The van der Waals surface area contributed by atoms with Crippen LogP contribution in [-0.4, -0.2) is 48.0 Å². The zero-order chi connectivity index (χ0) is 10.6. The average Bonchev–Trinajstić information content (AvgIpc) is 2.18. The summed E-state index contributed by atoms with van der Waals surface area (Å²) < 4.78 is 5.40. The fourth-order valence-electron chi connectivity index (χ4n) is 1.23. The highest BCUT2D eigenvalue weighted by atomic mass is 16.7. The van der Waals surface area contributed by atoms with Gasteiger partial charge in [0.2, 0.25) is 0 Å². The summed E-state index contributed by atoms with van der Waals surface area (Å²) in [6.45, 7) is 5.11. The van der Waals surface area contributed by atoms with E-state index in [0.29, 0.717) is 19.7 Å². The van der Waals surface area contributed by atoms with E-state index in [2.05, 4.69) is 0 Å². The zero-order valence-corrected chi connectivity index (χ0v) is 8.60. The predicted molar refractivity (Wildman–Crippen MR) is 49.4 cm³/mol. The van der Waals surface area contributed by atoms with E-state index in [4.69, 9.17) is 14.7 Å². The molecule has 2 atom stereocenters. The first-order valence-electron chi connectivity index (χ1n) is 4.90. The largest absolute Gasteiger partial charge is 0.382 e. The third-order valence-corrected chi connectivity index (χ3v) is 2.12. The summed E-state index contributed by atoms with van der Waals surface area (Å²) in [4.78, 5) is 16.0. The van der Waals surface area contributed by atoms with Gasteiger partial charge in [-0.1, -0.05) is 6.92 Å². The molecule has 1 fully saturated rings. The molecule has 0 bridgehead atoms. The lowest BCUT2D eigenvalue weighted by atomic mass is 10.2. The molecule has 1 rings (SSSR count). The van der Waals surface area contributed by atoms with Crippen molar-refractivity contribution in [3.8, 4) is 0 Å². The van der Waals surface area contributed by atoms with Crippen LogP contribution >= 0.6 is 0 Å². The van der Waals surface area contributed by atoms with E-state index in [1.165, 1.54) is 6.92 Å². The van der Waals surface area contributed by atoms with Gasteiger partial charge in [0.15, 0.2) is 6.10 Å². The van der Waals surface area contributed by atoms with Crippen LogP contribution in [-0.2, 0) is 14.4 Å². The van der Waals surface area contributed by atoms with Crippen molar-refractivity contribution < 1.29 is 19.5 Å². The van der Waals surface area contributed by atoms with Gasteiger partial charge in [-0.25, -0.2) is 4.79 Å². The maximum absolute atomic E-state index is 11.1. The molecule has 0 aliphatic carbocycles. The Morgan fingerprint density at radius 2 is 2.50 bits per heavy atom. The molecule has 0 radical (unpaired) electrons. The summed E-state index contributed by atoms with van der Waals surface area (Å²) >= 11 is 0. The van der Waals surface area contributed by atoms with E-state index in [0.717, 1.165) is 6.42 Å². The van der Waals surface area contributed by atoms with Gasteiger partial charge >= 0.3 is 5.97 Å². The van der Waals surface area contributed by atoms with Crippen LogP contribution in [0.25, 0.3) is 0 Å². The van der Waals surface area contributed by atoms with Crippen molar-refractivity contribution in [1.29, 1.82) is 0 Å². The summed E-state index contributed by atoms with van der Waals surface area (Å²) in [6.07, 6.45) is -0.0635. The smallest absolute Gasteiger partial charge is 0.353 e. The Hall–Kier alpha value is -0.650. The summed E-state index contributed by atoms with van der Waals surface area (Å²) in [7, 11) is 0. The predicted octanol–water partition coefficient (Wildman–Crippen LogP) is -0.0638. The van der Waals surface area contributed by atoms with Gasteiger partial charge in [-0.2, -0.15) is 0 Å². The standard InChI is InChI=1S/C9H17NO4/c1-3-8-6-10(4-5-13-8)14-9(12)7(2)11/h7-8,11H,3-6H2,1-2H3/t7-,8?/m0/s1. The van der Waals surface area contributed by atoms with Gasteiger partial charge in [0, 0.05) is 0 Å². The molecule has 0 aromatic heterocycles. The fourth-order valence-corrected chi connectivity index (χ4v) is 1.23. The number of aliphatic hydroxyl groups excluding tert-OH is 1. The molecule has 82 valence electrons. The highest BCUT2D eigenvalue weighted by molar-refractivity contribution is 5.73. The normalized spacial score (nSPS) is 25.8. The fraction of sp³-hybridized carbons (Fsp3) is 0.889. The second-order valence-corrected chi connectivity index (χ2v) is 3.38. The van der Waals surface area contributed by atoms with Crippen LogP contribution in [0.2, 0.25) is 0 Å². The van der Waals surface area contributed by atoms with Crippen molar-refractivity contribution in [2.75, 3.05) is 19.7 Å². The Bertz CT molecular complexity index is 195. The molecule has 0 amide bonds. The molecule has 1 aliphatic rings.